The fourth-order valence-electron chi connectivity index (χ4n) is 1.37. The van der Waals surface area contributed by atoms with Crippen molar-refractivity contribution in [3.63, 3.8) is 0 Å². The molecule has 12 heavy (non-hydrogen) atoms. The molecule has 1 aromatic carbocycles. The molecule has 0 aromatic heterocycles. The van der Waals surface area contributed by atoms with Crippen LogP contribution in [0, 0.1) is 6.92 Å². The molecule has 1 aromatic rings. The minimum absolute atomic E-state index is 0.545. The predicted octanol–water partition coefficient (Wildman–Crippen LogP) is 2.30. The van der Waals surface area contributed by atoms with Crippen LogP contribution in [0.15, 0.2) is 18.2 Å². The third-order valence-electron chi connectivity index (χ3n) is 2.05. The average molecular weight is 162 g/mol. The van der Waals surface area contributed by atoms with Crippen LogP contribution in [0.3, 0.4) is 0 Å². The molecular formula is C11H14O. The summed E-state index contributed by atoms with van der Waals surface area (Å²) in [5, 5.41) is 0. The second kappa shape index (κ2) is 4.05. The Hall–Kier alpha value is -1.11. The van der Waals surface area contributed by atoms with Crippen LogP contribution in [0.25, 0.3) is 0 Å². The molecule has 0 N–H and O–H groups in total. The quantitative estimate of drug-likeness (QED) is 0.623. The van der Waals surface area contributed by atoms with E-state index in [4.69, 9.17) is 0 Å². The number of carbonyl (C=O) groups excluding carboxylic acids is 1. The molecular weight excluding hydrogens is 148 g/mol. The summed E-state index contributed by atoms with van der Waals surface area (Å²) < 4.78 is 0. The largest absolute Gasteiger partial charge is 0.303 e. The molecule has 1 nitrogen and oxygen atoms in total. The Morgan fingerprint density at radius 1 is 1.33 bits per heavy atom. The summed E-state index contributed by atoms with van der Waals surface area (Å²) in [6, 6.07) is 6.25. The summed E-state index contributed by atoms with van der Waals surface area (Å²) in [5.74, 6) is 0. The number of benzene rings is 1. The van der Waals surface area contributed by atoms with E-state index in [0.29, 0.717) is 6.42 Å². The first-order chi connectivity index (χ1) is 5.77. The molecule has 1 rings (SSSR count). The highest BCUT2D eigenvalue weighted by atomic mass is 16.1. The number of rotatable bonds is 3. The van der Waals surface area contributed by atoms with Gasteiger partial charge in [-0.2, -0.15) is 0 Å². The summed E-state index contributed by atoms with van der Waals surface area (Å²) >= 11 is 0. The molecule has 64 valence electrons. The van der Waals surface area contributed by atoms with Gasteiger partial charge in [-0.1, -0.05) is 30.7 Å². The van der Waals surface area contributed by atoms with Crippen LogP contribution in [0.5, 0.6) is 0 Å². The lowest BCUT2D eigenvalue weighted by molar-refractivity contribution is -0.107. The van der Waals surface area contributed by atoms with Crippen LogP contribution in [0.4, 0.5) is 0 Å². The van der Waals surface area contributed by atoms with Crippen molar-refractivity contribution in [1.82, 2.24) is 0 Å². The van der Waals surface area contributed by atoms with Crippen LogP contribution in [0.1, 0.15) is 23.6 Å². The zero-order valence-electron chi connectivity index (χ0n) is 7.63. The molecule has 0 radical (unpaired) electrons. The first kappa shape index (κ1) is 8.98. The van der Waals surface area contributed by atoms with E-state index in [0.717, 1.165) is 18.3 Å². The fraction of sp³-hybridized carbons (Fsp3) is 0.364. The summed E-state index contributed by atoms with van der Waals surface area (Å²) in [5.41, 5.74) is 3.72. The second-order valence-corrected chi connectivity index (χ2v) is 3.00. The van der Waals surface area contributed by atoms with Crippen molar-refractivity contribution in [3.8, 4) is 0 Å². The molecule has 0 heterocycles. The molecule has 0 aliphatic rings. The summed E-state index contributed by atoms with van der Waals surface area (Å²) in [4.78, 5) is 10.3. The van der Waals surface area contributed by atoms with Crippen molar-refractivity contribution in [1.29, 1.82) is 0 Å². The Morgan fingerprint density at radius 3 is 2.67 bits per heavy atom. The van der Waals surface area contributed by atoms with E-state index in [9.17, 15) is 4.79 Å². The maximum atomic E-state index is 10.3. The van der Waals surface area contributed by atoms with Gasteiger partial charge in [0.05, 0.1) is 0 Å². The van der Waals surface area contributed by atoms with E-state index in [1.165, 1.54) is 11.1 Å². The molecule has 0 saturated heterocycles. The van der Waals surface area contributed by atoms with E-state index in [2.05, 4.69) is 26.0 Å². The van der Waals surface area contributed by atoms with Crippen molar-refractivity contribution in [3.05, 3.63) is 34.9 Å². The van der Waals surface area contributed by atoms with Crippen LogP contribution < -0.4 is 0 Å². The van der Waals surface area contributed by atoms with Gasteiger partial charge in [0.15, 0.2) is 0 Å². The van der Waals surface area contributed by atoms with Crippen LogP contribution in [-0.2, 0) is 17.6 Å². The number of carbonyl (C=O) groups is 1. The number of hydrogen-bond acceptors (Lipinski definition) is 1. The molecule has 0 fully saturated rings. The molecule has 0 saturated carbocycles. The summed E-state index contributed by atoms with van der Waals surface area (Å²) in [6.07, 6.45) is 2.51. The van der Waals surface area contributed by atoms with Crippen molar-refractivity contribution in [2.75, 3.05) is 0 Å². The standard InChI is InChI=1S/C11H14O/c1-3-10-8-9(2)4-5-11(10)6-7-12/h4-5,7-8H,3,6H2,1-2H3. The van der Waals surface area contributed by atoms with Crippen LogP contribution >= 0.6 is 0 Å². The molecule has 0 unspecified atom stereocenters. The first-order valence-electron chi connectivity index (χ1n) is 4.30. The molecule has 0 bridgehead atoms. The second-order valence-electron chi connectivity index (χ2n) is 3.00. The van der Waals surface area contributed by atoms with Crippen LogP contribution in [0.2, 0.25) is 0 Å². The van der Waals surface area contributed by atoms with Gasteiger partial charge in [0.2, 0.25) is 0 Å². The van der Waals surface area contributed by atoms with Gasteiger partial charge in [0.25, 0.3) is 0 Å². The zero-order chi connectivity index (χ0) is 8.97. The monoisotopic (exact) mass is 162 g/mol. The Balaban J connectivity index is 3.01. The van der Waals surface area contributed by atoms with Gasteiger partial charge in [0.1, 0.15) is 6.29 Å². The Kier molecular flexibility index (Phi) is 3.03. The van der Waals surface area contributed by atoms with Gasteiger partial charge < -0.3 is 4.79 Å². The Bertz CT molecular complexity index is 276. The van der Waals surface area contributed by atoms with Gasteiger partial charge in [-0.15, -0.1) is 0 Å². The SMILES string of the molecule is CCc1cc(C)ccc1CC=O. The van der Waals surface area contributed by atoms with Gasteiger partial charge in [0, 0.05) is 6.42 Å². The van der Waals surface area contributed by atoms with E-state index in [1.54, 1.807) is 0 Å². The van der Waals surface area contributed by atoms with Gasteiger partial charge in [-0.25, -0.2) is 0 Å². The molecule has 0 atom stereocenters. The summed E-state index contributed by atoms with van der Waals surface area (Å²) in [7, 11) is 0. The Labute approximate surface area is 73.4 Å². The number of aryl methyl sites for hydroxylation is 2. The van der Waals surface area contributed by atoms with Crippen molar-refractivity contribution in [2.45, 2.75) is 26.7 Å². The lowest BCUT2D eigenvalue weighted by atomic mass is 10.0. The summed E-state index contributed by atoms with van der Waals surface area (Å²) in [6.45, 7) is 4.19. The minimum atomic E-state index is 0.545. The lowest BCUT2D eigenvalue weighted by Crippen LogP contribution is -1.94. The highest BCUT2D eigenvalue weighted by molar-refractivity contribution is 5.56. The maximum absolute atomic E-state index is 10.3. The highest BCUT2D eigenvalue weighted by Crippen LogP contribution is 2.12. The zero-order valence-corrected chi connectivity index (χ0v) is 7.63. The lowest BCUT2D eigenvalue weighted by Gasteiger charge is -2.05. The van der Waals surface area contributed by atoms with E-state index in [-0.39, 0.29) is 0 Å². The van der Waals surface area contributed by atoms with E-state index < -0.39 is 0 Å². The predicted molar refractivity (Wildman–Crippen MR) is 50.3 cm³/mol. The number of hydrogen-bond donors (Lipinski definition) is 0. The van der Waals surface area contributed by atoms with Crippen molar-refractivity contribution < 1.29 is 4.79 Å². The van der Waals surface area contributed by atoms with Gasteiger partial charge in [-0.3, -0.25) is 0 Å². The van der Waals surface area contributed by atoms with Gasteiger partial charge >= 0.3 is 0 Å². The smallest absolute Gasteiger partial charge is 0.124 e. The molecule has 0 aliphatic heterocycles. The Morgan fingerprint density at radius 2 is 2.08 bits per heavy atom. The topological polar surface area (TPSA) is 17.1 Å². The van der Waals surface area contributed by atoms with Crippen molar-refractivity contribution in [2.24, 2.45) is 0 Å². The molecule has 1 heteroatoms. The minimum Gasteiger partial charge on any atom is -0.303 e. The average Bonchev–Trinajstić information content (AvgIpc) is 2.08. The molecule has 0 spiro atoms. The highest BCUT2D eigenvalue weighted by Gasteiger charge is 1.99. The first-order valence-corrected chi connectivity index (χ1v) is 4.30. The normalized spacial score (nSPS) is 9.83. The number of aldehydes is 1. The third kappa shape index (κ3) is 1.94. The molecule has 0 amide bonds. The third-order valence-corrected chi connectivity index (χ3v) is 2.05. The van der Waals surface area contributed by atoms with Gasteiger partial charge in [-0.05, 0) is 24.5 Å². The van der Waals surface area contributed by atoms with Crippen molar-refractivity contribution >= 4 is 6.29 Å². The van der Waals surface area contributed by atoms with E-state index >= 15 is 0 Å². The van der Waals surface area contributed by atoms with Crippen LogP contribution in [-0.4, -0.2) is 6.29 Å². The fourth-order valence-corrected chi connectivity index (χ4v) is 1.37. The maximum Gasteiger partial charge on any atom is 0.124 e. The van der Waals surface area contributed by atoms with E-state index in [1.807, 2.05) is 6.07 Å². The molecule has 0 aliphatic carbocycles.